The van der Waals surface area contributed by atoms with Crippen molar-refractivity contribution in [1.82, 2.24) is 15.2 Å². The molecule has 1 aliphatic rings. The van der Waals surface area contributed by atoms with Gasteiger partial charge in [-0.2, -0.15) is 0 Å². The molecule has 0 spiro atoms. The number of nitrogens with one attached hydrogen (secondary N) is 2. The van der Waals surface area contributed by atoms with Crippen molar-refractivity contribution < 1.29 is 4.79 Å². The van der Waals surface area contributed by atoms with Gasteiger partial charge >= 0.3 is 0 Å². The lowest BCUT2D eigenvalue weighted by Gasteiger charge is -2.14. The lowest BCUT2D eigenvalue weighted by Crippen LogP contribution is -2.33. The molecule has 1 aromatic rings. The second-order valence-corrected chi connectivity index (χ2v) is 5.16. The van der Waals surface area contributed by atoms with Gasteiger partial charge in [-0.05, 0) is 44.5 Å². The van der Waals surface area contributed by atoms with Crippen molar-refractivity contribution in [3.05, 3.63) is 24.0 Å². The minimum Gasteiger partial charge on any atom is -0.385 e. The molecular weight excluding hydrogens is 252 g/mol. The molecule has 0 aromatic carbocycles. The van der Waals surface area contributed by atoms with Crippen LogP contribution in [0.5, 0.6) is 0 Å². The SMILES string of the molecule is CCCNc1ccnc(C(=O)NCCN2CCCC2)c1. The maximum absolute atomic E-state index is 12.0. The molecule has 0 aliphatic carbocycles. The molecule has 5 nitrogen and oxygen atoms in total. The number of likely N-dealkylation sites (tertiary alicyclic amines) is 1. The number of carbonyl (C=O) groups excluding carboxylic acids is 1. The molecule has 0 bridgehead atoms. The van der Waals surface area contributed by atoms with E-state index in [-0.39, 0.29) is 5.91 Å². The van der Waals surface area contributed by atoms with Gasteiger partial charge in [-0.3, -0.25) is 9.78 Å². The van der Waals surface area contributed by atoms with Crippen LogP contribution in [0.3, 0.4) is 0 Å². The second kappa shape index (κ2) is 7.85. The quantitative estimate of drug-likeness (QED) is 0.796. The first-order valence-corrected chi connectivity index (χ1v) is 7.50. The summed E-state index contributed by atoms with van der Waals surface area (Å²) >= 11 is 0. The fraction of sp³-hybridized carbons (Fsp3) is 0.600. The van der Waals surface area contributed by atoms with Crippen LogP contribution in [-0.2, 0) is 0 Å². The van der Waals surface area contributed by atoms with E-state index in [4.69, 9.17) is 0 Å². The molecule has 1 fully saturated rings. The van der Waals surface area contributed by atoms with Gasteiger partial charge in [0.05, 0.1) is 0 Å². The Morgan fingerprint density at radius 1 is 1.35 bits per heavy atom. The van der Waals surface area contributed by atoms with Gasteiger partial charge in [-0.1, -0.05) is 6.92 Å². The molecule has 1 aromatic heterocycles. The van der Waals surface area contributed by atoms with Gasteiger partial charge in [-0.15, -0.1) is 0 Å². The van der Waals surface area contributed by atoms with Gasteiger partial charge in [0.15, 0.2) is 0 Å². The minimum absolute atomic E-state index is 0.0932. The Hall–Kier alpha value is -1.62. The third-order valence-corrected chi connectivity index (χ3v) is 3.48. The predicted molar refractivity (Wildman–Crippen MR) is 81.0 cm³/mol. The third-order valence-electron chi connectivity index (χ3n) is 3.48. The molecule has 0 radical (unpaired) electrons. The van der Waals surface area contributed by atoms with E-state index >= 15 is 0 Å². The van der Waals surface area contributed by atoms with Gasteiger partial charge in [-0.25, -0.2) is 0 Å². The van der Waals surface area contributed by atoms with Crippen LogP contribution in [0.25, 0.3) is 0 Å². The molecule has 2 N–H and O–H groups in total. The van der Waals surface area contributed by atoms with Crippen molar-refractivity contribution in [2.45, 2.75) is 26.2 Å². The summed E-state index contributed by atoms with van der Waals surface area (Å²) in [6.07, 6.45) is 5.29. The highest BCUT2D eigenvalue weighted by molar-refractivity contribution is 5.93. The molecule has 0 saturated carbocycles. The summed E-state index contributed by atoms with van der Waals surface area (Å²) in [5.41, 5.74) is 1.43. The van der Waals surface area contributed by atoms with E-state index < -0.39 is 0 Å². The topological polar surface area (TPSA) is 57.3 Å². The van der Waals surface area contributed by atoms with Gasteiger partial charge in [0.25, 0.3) is 5.91 Å². The number of hydrogen-bond acceptors (Lipinski definition) is 4. The zero-order chi connectivity index (χ0) is 14.2. The monoisotopic (exact) mass is 276 g/mol. The lowest BCUT2D eigenvalue weighted by atomic mass is 10.3. The van der Waals surface area contributed by atoms with E-state index in [1.165, 1.54) is 12.8 Å². The largest absolute Gasteiger partial charge is 0.385 e. The van der Waals surface area contributed by atoms with Crippen molar-refractivity contribution in [1.29, 1.82) is 0 Å². The first-order chi connectivity index (χ1) is 9.79. The maximum atomic E-state index is 12.0. The number of carbonyl (C=O) groups is 1. The van der Waals surface area contributed by atoms with Gasteiger partial charge in [0, 0.05) is 31.5 Å². The molecule has 110 valence electrons. The molecule has 0 atom stereocenters. The van der Waals surface area contributed by atoms with Gasteiger partial charge in [0.2, 0.25) is 0 Å². The highest BCUT2D eigenvalue weighted by Gasteiger charge is 2.12. The van der Waals surface area contributed by atoms with Crippen molar-refractivity contribution in [2.24, 2.45) is 0 Å². The van der Waals surface area contributed by atoms with Crippen LogP contribution in [0.2, 0.25) is 0 Å². The van der Waals surface area contributed by atoms with E-state index in [2.05, 4.69) is 27.4 Å². The molecule has 1 amide bonds. The smallest absolute Gasteiger partial charge is 0.269 e. The molecular formula is C15H24N4O. The summed E-state index contributed by atoms with van der Waals surface area (Å²) < 4.78 is 0. The Morgan fingerprint density at radius 3 is 2.90 bits per heavy atom. The molecule has 2 rings (SSSR count). The van der Waals surface area contributed by atoms with Gasteiger partial charge < -0.3 is 15.5 Å². The van der Waals surface area contributed by atoms with Crippen molar-refractivity contribution in [3.63, 3.8) is 0 Å². The number of aromatic nitrogens is 1. The van der Waals surface area contributed by atoms with Crippen LogP contribution in [0.1, 0.15) is 36.7 Å². The summed E-state index contributed by atoms with van der Waals surface area (Å²) in [6.45, 7) is 6.95. The van der Waals surface area contributed by atoms with Crippen molar-refractivity contribution >= 4 is 11.6 Å². The Kier molecular flexibility index (Phi) is 5.80. The van der Waals surface area contributed by atoms with E-state index in [0.29, 0.717) is 12.2 Å². The van der Waals surface area contributed by atoms with E-state index in [1.807, 2.05) is 6.07 Å². The molecule has 20 heavy (non-hydrogen) atoms. The minimum atomic E-state index is -0.0932. The van der Waals surface area contributed by atoms with Crippen LogP contribution in [0, 0.1) is 0 Å². The average Bonchev–Trinajstić information content (AvgIpc) is 2.98. The fourth-order valence-corrected chi connectivity index (χ4v) is 2.36. The highest BCUT2D eigenvalue weighted by atomic mass is 16.1. The van der Waals surface area contributed by atoms with Crippen molar-refractivity contribution in [2.75, 3.05) is 38.0 Å². The summed E-state index contributed by atoms with van der Waals surface area (Å²) in [4.78, 5) is 18.5. The number of nitrogens with zero attached hydrogens (tertiary/aromatic N) is 2. The predicted octanol–water partition coefficient (Wildman–Crippen LogP) is 1.73. The standard InChI is InChI=1S/C15H24N4O/c1-2-6-16-13-5-7-17-14(12-13)15(20)18-8-11-19-9-3-4-10-19/h5,7,12H,2-4,6,8-11H2,1H3,(H,16,17)(H,18,20). The number of anilines is 1. The second-order valence-electron chi connectivity index (χ2n) is 5.16. The molecule has 5 heteroatoms. The summed E-state index contributed by atoms with van der Waals surface area (Å²) in [5.74, 6) is -0.0932. The van der Waals surface area contributed by atoms with E-state index in [0.717, 1.165) is 38.3 Å². The maximum Gasteiger partial charge on any atom is 0.269 e. The number of amides is 1. The zero-order valence-corrected chi connectivity index (χ0v) is 12.2. The molecule has 0 unspecified atom stereocenters. The lowest BCUT2D eigenvalue weighted by molar-refractivity contribution is 0.0945. The van der Waals surface area contributed by atoms with Crippen LogP contribution in [0.4, 0.5) is 5.69 Å². The van der Waals surface area contributed by atoms with Crippen LogP contribution >= 0.6 is 0 Å². The summed E-state index contributed by atoms with van der Waals surface area (Å²) in [5, 5.41) is 6.20. The van der Waals surface area contributed by atoms with E-state index in [1.54, 1.807) is 12.3 Å². The average molecular weight is 276 g/mol. The van der Waals surface area contributed by atoms with E-state index in [9.17, 15) is 4.79 Å². The summed E-state index contributed by atoms with van der Waals surface area (Å²) in [6, 6.07) is 3.69. The Balaban J connectivity index is 1.78. The zero-order valence-electron chi connectivity index (χ0n) is 12.2. The Labute approximate surface area is 120 Å². The van der Waals surface area contributed by atoms with Crippen molar-refractivity contribution in [3.8, 4) is 0 Å². The number of hydrogen-bond donors (Lipinski definition) is 2. The Morgan fingerprint density at radius 2 is 2.15 bits per heavy atom. The fourth-order valence-electron chi connectivity index (χ4n) is 2.36. The molecule has 1 aliphatic heterocycles. The van der Waals surface area contributed by atoms with Crippen LogP contribution in [-0.4, -0.2) is 48.5 Å². The number of rotatable bonds is 7. The molecule has 2 heterocycles. The normalized spacial score (nSPS) is 15.2. The van der Waals surface area contributed by atoms with Gasteiger partial charge in [0.1, 0.15) is 5.69 Å². The Bertz CT molecular complexity index is 430. The first-order valence-electron chi connectivity index (χ1n) is 7.50. The summed E-state index contributed by atoms with van der Waals surface area (Å²) in [7, 11) is 0. The van der Waals surface area contributed by atoms with Crippen LogP contribution < -0.4 is 10.6 Å². The number of pyridine rings is 1. The molecule has 1 saturated heterocycles. The van der Waals surface area contributed by atoms with Crippen LogP contribution in [0.15, 0.2) is 18.3 Å². The first kappa shape index (κ1) is 14.8. The third kappa shape index (κ3) is 4.49. The highest BCUT2D eigenvalue weighted by Crippen LogP contribution is 2.08.